The van der Waals surface area contributed by atoms with Crippen molar-refractivity contribution in [2.45, 2.75) is 25.9 Å². The number of nitrogens with zero attached hydrogens (tertiary/aromatic N) is 5. The highest BCUT2D eigenvalue weighted by Crippen LogP contribution is 2.34. The van der Waals surface area contributed by atoms with Crippen LogP contribution in [-0.4, -0.2) is 81.4 Å². The van der Waals surface area contributed by atoms with E-state index in [9.17, 15) is 9.59 Å². The Labute approximate surface area is 202 Å². The third-order valence-corrected chi connectivity index (χ3v) is 7.80. The zero-order chi connectivity index (χ0) is 22.9. The van der Waals surface area contributed by atoms with E-state index in [-0.39, 0.29) is 17.6 Å². The molecule has 33 heavy (non-hydrogen) atoms. The minimum absolute atomic E-state index is 0.0187. The van der Waals surface area contributed by atoms with Crippen molar-refractivity contribution in [3.8, 4) is 0 Å². The number of pyridine rings is 1. The number of fused-ring (bicyclic) bond motifs is 1. The minimum atomic E-state index is -0.182. The Balaban J connectivity index is 1.52. The lowest BCUT2D eigenvalue weighted by Gasteiger charge is -2.35. The van der Waals surface area contributed by atoms with Crippen LogP contribution in [0.5, 0.6) is 0 Å². The predicted octanol–water partition coefficient (Wildman–Crippen LogP) is 2.22. The summed E-state index contributed by atoms with van der Waals surface area (Å²) in [6.07, 6.45) is 5.35. The zero-order valence-electron chi connectivity index (χ0n) is 18.6. The van der Waals surface area contributed by atoms with Gasteiger partial charge in [0.1, 0.15) is 15.8 Å². The summed E-state index contributed by atoms with van der Waals surface area (Å²) in [6.45, 7) is 7.73. The largest absolute Gasteiger partial charge is 0.376 e. The van der Waals surface area contributed by atoms with E-state index in [0.717, 1.165) is 52.2 Å². The van der Waals surface area contributed by atoms with Gasteiger partial charge < -0.3 is 14.5 Å². The van der Waals surface area contributed by atoms with Gasteiger partial charge in [-0.05, 0) is 37.6 Å². The predicted molar refractivity (Wildman–Crippen MR) is 135 cm³/mol. The van der Waals surface area contributed by atoms with Gasteiger partial charge in [0, 0.05) is 39.0 Å². The molecule has 2 aromatic heterocycles. The van der Waals surface area contributed by atoms with Crippen LogP contribution in [0.15, 0.2) is 34.1 Å². The number of piperazine rings is 1. The van der Waals surface area contributed by atoms with E-state index >= 15 is 0 Å². The number of rotatable bonds is 5. The molecule has 3 aliphatic rings. The Morgan fingerprint density at radius 1 is 1.24 bits per heavy atom. The second kappa shape index (κ2) is 9.54. The summed E-state index contributed by atoms with van der Waals surface area (Å²) in [5.74, 6) is 0.464. The molecule has 1 amide bonds. The Morgan fingerprint density at radius 2 is 2.06 bits per heavy atom. The number of hydrogen-bond donors (Lipinski definition) is 0. The molecule has 0 bridgehead atoms. The van der Waals surface area contributed by atoms with Crippen molar-refractivity contribution in [1.29, 1.82) is 0 Å². The number of amides is 1. The van der Waals surface area contributed by atoms with Crippen molar-refractivity contribution in [2.75, 3.05) is 50.8 Å². The minimum Gasteiger partial charge on any atom is -0.376 e. The van der Waals surface area contributed by atoms with Crippen molar-refractivity contribution in [3.05, 3.63) is 45.2 Å². The molecule has 2 aromatic rings. The van der Waals surface area contributed by atoms with Crippen LogP contribution in [0, 0.1) is 0 Å². The van der Waals surface area contributed by atoms with Crippen LogP contribution in [0.3, 0.4) is 0 Å². The van der Waals surface area contributed by atoms with Crippen LogP contribution in [-0.2, 0) is 9.53 Å². The van der Waals surface area contributed by atoms with E-state index < -0.39 is 0 Å². The smallest absolute Gasteiger partial charge is 0.267 e. The molecule has 0 radical (unpaired) electrons. The summed E-state index contributed by atoms with van der Waals surface area (Å²) >= 11 is 6.74. The van der Waals surface area contributed by atoms with Crippen LogP contribution in [0.4, 0.5) is 5.82 Å². The van der Waals surface area contributed by atoms with Crippen LogP contribution in [0.25, 0.3) is 11.7 Å². The Morgan fingerprint density at radius 3 is 2.79 bits per heavy atom. The van der Waals surface area contributed by atoms with E-state index in [0.29, 0.717) is 32.8 Å². The Hall–Kier alpha value is -2.27. The first-order valence-corrected chi connectivity index (χ1v) is 12.6. The topological polar surface area (TPSA) is 70.4 Å². The van der Waals surface area contributed by atoms with Gasteiger partial charge in [0.25, 0.3) is 11.5 Å². The van der Waals surface area contributed by atoms with Crippen molar-refractivity contribution in [1.82, 2.24) is 19.2 Å². The highest BCUT2D eigenvalue weighted by molar-refractivity contribution is 8.26. The van der Waals surface area contributed by atoms with Crippen molar-refractivity contribution in [3.63, 3.8) is 0 Å². The van der Waals surface area contributed by atoms with Gasteiger partial charge in [0.2, 0.25) is 0 Å². The van der Waals surface area contributed by atoms with Crippen molar-refractivity contribution >= 4 is 51.7 Å². The summed E-state index contributed by atoms with van der Waals surface area (Å²) in [7, 11) is 0. The average Bonchev–Trinajstić information content (AvgIpc) is 3.45. The van der Waals surface area contributed by atoms with Crippen molar-refractivity contribution in [2.24, 2.45) is 0 Å². The van der Waals surface area contributed by atoms with Gasteiger partial charge in [0.15, 0.2) is 0 Å². The van der Waals surface area contributed by atoms with E-state index in [1.54, 1.807) is 23.2 Å². The molecule has 0 spiro atoms. The zero-order valence-corrected chi connectivity index (χ0v) is 20.2. The van der Waals surface area contributed by atoms with Gasteiger partial charge in [0.05, 0.1) is 23.1 Å². The SMILES string of the molecule is CCN1CCN(c2nc3ccccn3c(=O)c2/C=C2\SC(=S)N(C[C@H]3CCCO3)C2=O)CC1. The number of carbonyl (C=O) groups excluding carboxylic acids is 1. The second-order valence-electron chi connectivity index (χ2n) is 8.43. The monoisotopic (exact) mass is 485 g/mol. The molecular formula is C23H27N5O3S2. The standard InChI is InChI=1S/C23H27N5O3S2/c1-2-25-9-11-26(12-10-25)20-17(21(29)27-8-4-3-7-19(27)24-20)14-18-22(30)28(23(32)33-18)15-16-6-5-13-31-16/h3-4,7-8,14,16H,2,5-6,9-13,15H2,1H3/b18-14-/t16-/m1/s1. The number of aromatic nitrogens is 2. The van der Waals surface area contributed by atoms with E-state index in [4.69, 9.17) is 21.9 Å². The number of ether oxygens (including phenoxy) is 1. The van der Waals surface area contributed by atoms with E-state index in [1.165, 1.54) is 16.2 Å². The van der Waals surface area contributed by atoms with Gasteiger partial charge in [-0.25, -0.2) is 4.98 Å². The highest BCUT2D eigenvalue weighted by Gasteiger charge is 2.35. The molecule has 1 atom stereocenters. The number of likely N-dealkylation sites (N-methyl/N-ethyl adjacent to an activating group) is 1. The number of hydrogen-bond acceptors (Lipinski definition) is 8. The fourth-order valence-corrected chi connectivity index (χ4v) is 5.77. The maximum Gasteiger partial charge on any atom is 0.267 e. The molecule has 174 valence electrons. The van der Waals surface area contributed by atoms with Gasteiger partial charge >= 0.3 is 0 Å². The average molecular weight is 486 g/mol. The lowest BCUT2D eigenvalue weighted by atomic mass is 10.2. The molecule has 5 rings (SSSR count). The van der Waals surface area contributed by atoms with E-state index in [1.807, 2.05) is 12.1 Å². The van der Waals surface area contributed by atoms with Crippen LogP contribution >= 0.6 is 24.0 Å². The molecule has 3 saturated heterocycles. The first kappa shape index (κ1) is 22.5. The molecule has 3 aliphatic heterocycles. The number of thioether (sulfide) groups is 1. The second-order valence-corrected chi connectivity index (χ2v) is 10.1. The maximum atomic E-state index is 13.5. The molecule has 0 unspecified atom stereocenters. The molecule has 10 heteroatoms. The summed E-state index contributed by atoms with van der Waals surface area (Å²) in [5, 5.41) is 0. The third-order valence-electron chi connectivity index (χ3n) is 6.43. The molecule has 0 saturated carbocycles. The van der Waals surface area contributed by atoms with Crippen LogP contribution < -0.4 is 10.5 Å². The Kier molecular flexibility index (Phi) is 6.51. The Bertz CT molecular complexity index is 1170. The summed E-state index contributed by atoms with van der Waals surface area (Å²) in [6, 6.07) is 5.51. The maximum absolute atomic E-state index is 13.5. The molecule has 0 aliphatic carbocycles. The summed E-state index contributed by atoms with van der Waals surface area (Å²) in [5.41, 5.74) is 0.845. The highest BCUT2D eigenvalue weighted by atomic mass is 32.2. The lowest BCUT2D eigenvalue weighted by Crippen LogP contribution is -2.47. The summed E-state index contributed by atoms with van der Waals surface area (Å²) < 4.78 is 7.73. The molecule has 3 fully saturated rings. The number of carbonyl (C=O) groups is 1. The first-order valence-electron chi connectivity index (χ1n) is 11.4. The fourth-order valence-electron chi connectivity index (χ4n) is 4.51. The third kappa shape index (κ3) is 4.44. The first-order chi connectivity index (χ1) is 16.0. The van der Waals surface area contributed by atoms with Gasteiger partial charge in [-0.3, -0.25) is 18.9 Å². The van der Waals surface area contributed by atoms with Gasteiger partial charge in [-0.1, -0.05) is 37.0 Å². The lowest BCUT2D eigenvalue weighted by molar-refractivity contribution is -0.123. The number of thiocarbonyl (C=S) groups is 1. The van der Waals surface area contributed by atoms with Gasteiger partial charge in [-0.2, -0.15) is 0 Å². The van der Waals surface area contributed by atoms with Crippen molar-refractivity contribution < 1.29 is 9.53 Å². The quantitative estimate of drug-likeness (QED) is 0.472. The molecule has 5 heterocycles. The molecule has 0 aromatic carbocycles. The molecule has 8 nitrogen and oxygen atoms in total. The fraction of sp³-hybridized carbons (Fsp3) is 0.478. The normalized spacial score (nSPS) is 23.4. The van der Waals surface area contributed by atoms with Crippen LogP contribution in [0.1, 0.15) is 25.3 Å². The van der Waals surface area contributed by atoms with Crippen LogP contribution in [0.2, 0.25) is 0 Å². The summed E-state index contributed by atoms with van der Waals surface area (Å²) in [4.78, 5) is 38.1. The van der Waals surface area contributed by atoms with Gasteiger partial charge in [-0.15, -0.1) is 0 Å². The van der Waals surface area contributed by atoms with E-state index in [2.05, 4.69) is 16.7 Å². The molecular weight excluding hydrogens is 458 g/mol. The molecule has 0 N–H and O–H groups in total. The number of anilines is 1.